The number of pyridine rings is 1. The summed E-state index contributed by atoms with van der Waals surface area (Å²) >= 11 is 0. The molecule has 1 fully saturated rings. The first kappa shape index (κ1) is 15.5. The SMILES string of the molecule is COCCOCC(=O)N1CCN(c2ccc(N)cn2)CC1. The highest BCUT2D eigenvalue weighted by Gasteiger charge is 2.21. The van der Waals surface area contributed by atoms with Crippen LogP contribution in [0.2, 0.25) is 0 Å². The second kappa shape index (κ2) is 7.80. The molecule has 1 aromatic heterocycles. The molecule has 116 valence electrons. The van der Waals surface area contributed by atoms with E-state index in [4.69, 9.17) is 15.2 Å². The lowest BCUT2D eigenvalue weighted by molar-refractivity contribution is -0.136. The summed E-state index contributed by atoms with van der Waals surface area (Å²) in [5.41, 5.74) is 6.28. The molecule has 0 spiro atoms. The van der Waals surface area contributed by atoms with Crippen LogP contribution in [0.1, 0.15) is 0 Å². The molecule has 0 atom stereocenters. The molecule has 2 heterocycles. The van der Waals surface area contributed by atoms with Gasteiger partial charge in [-0.3, -0.25) is 4.79 Å². The number of piperazine rings is 1. The Bertz CT molecular complexity index is 444. The van der Waals surface area contributed by atoms with Gasteiger partial charge in [-0.1, -0.05) is 0 Å². The van der Waals surface area contributed by atoms with Crippen molar-refractivity contribution in [2.75, 3.05) is 63.7 Å². The van der Waals surface area contributed by atoms with E-state index in [1.54, 1.807) is 13.3 Å². The Kier molecular flexibility index (Phi) is 5.77. The molecule has 2 N–H and O–H groups in total. The molecule has 1 saturated heterocycles. The van der Waals surface area contributed by atoms with Crippen molar-refractivity contribution in [3.05, 3.63) is 18.3 Å². The lowest BCUT2D eigenvalue weighted by Crippen LogP contribution is -2.50. The average molecular weight is 294 g/mol. The second-order valence-corrected chi connectivity index (χ2v) is 4.86. The highest BCUT2D eigenvalue weighted by Crippen LogP contribution is 2.14. The molecule has 0 bridgehead atoms. The van der Waals surface area contributed by atoms with E-state index in [1.807, 2.05) is 17.0 Å². The third-order valence-electron chi connectivity index (χ3n) is 3.38. The van der Waals surface area contributed by atoms with Crippen molar-refractivity contribution < 1.29 is 14.3 Å². The molecule has 7 nitrogen and oxygen atoms in total. The number of rotatable bonds is 6. The van der Waals surface area contributed by atoms with E-state index >= 15 is 0 Å². The molecule has 1 aliphatic heterocycles. The number of nitrogens with two attached hydrogens (primary N) is 1. The minimum absolute atomic E-state index is 0.0241. The Labute approximate surface area is 124 Å². The molecule has 0 aromatic carbocycles. The molecule has 1 aliphatic rings. The number of carbonyl (C=O) groups is 1. The van der Waals surface area contributed by atoms with Gasteiger partial charge in [0.1, 0.15) is 12.4 Å². The summed E-state index contributed by atoms with van der Waals surface area (Å²) in [6.07, 6.45) is 1.65. The third kappa shape index (κ3) is 4.57. The maximum absolute atomic E-state index is 12.0. The first-order valence-electron chi connectivity index (χ1n) is 7.01. The number of nitrogen functional groups attached to an aromatic ring is 1. The molecule has 7 heteroatoms. The molecule has 0 aliphatic carbocycles. The van der Waals surface area contributed by atoms with Crippen LogP contribution < -0.4 is 10.6 Å². The van der Waals surface area contributed by atoms with Crippen molar-refractivity contribution in [3.8, 4) is 0 Å². The van der Waals surface area contributed by atoms with E-state index in [9.17, 15) is 4.79 Å². The van der Waals surface area contributed by atoms with Crippen LogP contribution in [0.4, 0.5) is 11.5 Å². The predicted octanol–water partition coefficient (Wildman–Crippen LogP) is -0.0246. The lowest BCUT2D eigenvalue weighted by Gasteiger charge is -2.35. The van der Waals surface area contributed by atoms with Gasteiger partial charge in [-0.15, -0.1) is 0 Å². The van der Waals surface area contributed by atoms with Crippen LogP contribution in [-0.2, 0) is 14.3 Å². The van der Waals surface area contributed by atoms with Crippen molar-refractivity contribution in [1.82, 2.24) is 9.88 Å². The normalized spacial score (nSPS) is 15.3. The minimum Gasteiger partial charge on any atom is -0.397 e. The number of methoxy groups -OCH3 is 1. The van der Waals surface area contributed by atoms with Crippen LogP contribution in [0.15, 0.2) is 18.3 Å². The largest absolute Gasteiger partial charge is 0.397 e. The van der Waals surface area contributed by atoms with E-state index < -0.39 is 0 Å². The van der Waals surface area contributed by atoms with E-state index in [2.05, 4.69) is 9.88 Å². The number of ether oxygens (including phenoxy) is 2. The quantitative estimate of drug-likeness (QED) is 0.742. The molecular weight excluding hydrogens is 272 g/mol. The van der Waals surface area contributed by atoms with E-state index in [0.29, 0.717) is 32.0 Å². The number of hydrogen-bond donors (Lipinski definition) is 1. The maximum Gasteiger partial charge on any atom is 0.248 e. The summed E-state index contributed by atoms with van der Waals surface area (Å²) in [7, 11) is 1.61. The van der Waals surface area contributed by atoms with E-state index in [0.717, 1.165) is 18.9 Å². The Morgan fingerprint density at radius 3 is 2.67 bits per heavy atom. The minimum atomic E-state index is 0.0241. The monoisotopic (exact) mass is 294 g/mol. The van der Waals surface area contributed by atoms with Crippen molar-refractivity contribution >= 4 is 17.4 Å². The van der Waals surface area contributed by atoms with Gasteiger partial charge in [-0.25, -0.2) is 4.98 Å². The summed E-state index contributed by atoms with van der Waals surface area (Å²) in [6.45, 7) is 3.95. The average Bonchev–Trinajstić information content (AvgIpc) is 2.52. The molecule has 0 saturated carbocycles. The van der Waals surface area contributed by atoms with Crippen LogP contribution in [-0.4, -0.2) is 68.9 Å². The summed E-state index contributed by atoms with van der Waals surface area (Å²) in [5.74, 6) is 0.920. The summed E-state index contributed by atoms with van der Waals surface area (Å²) in [5, 5.41) is 0. The van der Waals surface area contributed by atoms with Gasteiger partial charge in [-0.05, 0) is 12.1 Å². The smallest absolute Gasteiger partial charge is 0.248 e. The Balaban J connectivity index is 1.75. The van der Waals surface area contributed by atoms with Gasteiger partial charge in [0.25, 0.3) is 0 Å². The van der Waals surface area contributed by atoms with Gasteiger partial charge in [0.05, 0.1) is 25.1 Å². The van der Waals surface area contributed by atoms with Crippen molar-refractivity contribution in [1.29, 1.82) is 0 Å². The zero-order chi connectivity index (χ0) is 15.1. The number of hydrogen-bond acceptors (Lipinski definition) is 6. The molecule has 0 radical (unpaired) electrons. The Hall–Kier alpha value is -1.86. The first-order valence-corrected chi connectivity index (χ1v) is 7.01. The topological polar surface area (TPSA) is 80.9 Å². The van der Waals surface area contributed by atoms with E-state index in [1.165, 1.54) is 0 Å². The lowest BCUT2D eigenvalue weighted by atomic mass is 10.3. The zero-order valence-electron chi connectivity index (χ0n) is 12.3. The Morgan fingerprint density at radius 1 is 1.29 bits per heavy atom. The van der Waals surface area contributed by atoms with Gasteiger partial charge in [0, 0.05) is 33.3 Å². The first-order chi connectivity index (χ1) is 10.2. The molecule has 1 aromatic rings. The second-order valence-electron chi connectivity index (χ2n) is 4.86. The van der Waals surface area contributed by atoms with Crippen LogP contribution in [0.5, 0.6) is 0 Å². The van der Waals surface area contributed by atoms with E-state index in [-0.39, 0.29) is 12.5 Å². The zero-order valence-corrected chi connectivity index (χ0v) is 12.3. The Morgan fingerprint density at radius 2 is 2.05 bits per heavy atom. The molecule has 21 heavy (non-hydrogen) atoms. The van der Waals surface area contributed by atoms with Crippen molar-refractivity contribution in [2.24, 2.45) is 0 Å². The van der Waals surface area contributed by atoms with Gasteiger partial charge >= 0.3 is 0 Å². The van der Waals surface area contributed by atoms with Gasteiger partial charge < -0.3 is 25.0 Å². The summed E-state index contributed by atoms with van der Waals surface area (Å²) < 4.78 is 10.1. The molecular formula is C14H22N4O3. The predicted molar refractivity (Wildman–Crippen MR) is 80.1 cm³/mol. The number of anilines is 2. The summed E-state index contributed by atoms with van der Waals surface area (Å²) in [6, 6.07) is 3.74. The standard InChI is InChI=1S/C14H22N4O3/c1-20-8-9-21-11-14(19)18-6-4-17(5-7-18)13-3-2-12(15)10-16-13/h2-3,10H,4-9,11,15H2,1H3. The molecule has 1 amide bonds. The van der Waals surface area contributed by atoms with Crippen LogP contribution in [0.3, 0.4) is 0 Å². The maximum atomic E-state index is 12.0. The number of nitrogens with zero attached hydrogens (tertiary/aromatic N) is 3. The van der Waals surface area contributed by atoms with Crippen molar-refractivity contribution in [3.63, 3.8) is 0 Å². The number of amides is 1. The van der Waals surface area contributed by atoms with Gasteiger partial charge in [0.15, 0.2) is 0 Å². The fourth-order valence-electron chi connectivity index (χ4n) is 2.16. The van der Waals surface area contributed by atoms with Crippen LogP contribution in [0, 0.1) is 0 Å². The van der Waals surface area contributed by atoms with Gasteiger partial charge in [-0.2, -0.15) is 0 Å². The van der Waals surface area contributed by atoms with Crippen LogP contribution >= 0.6 is 0 Å². The van der Waals surface area contributed by atoms with Crippen LogP contribution in [0.25, 0.3) is 0 Å². The summed E-state index contributed by atoms with van der Waals surface area (Å²) in [4.78, 5) is 20.2. The number of carbonyl (C=O) groups excluding carboxylic acids is 1. The molecule has 0 unspecified atom stereocenters. The van der Waals surface area contributed by atoms with Crippen molar-refractivity contribution in [2.45, 2.75) is 0 Å². The fourth-order valence-corrected chi connectivity index (χ4v) is 2.16. The fraction of sp³-hybridized carbons (Fsp3) is 0.571. The molecule has 2 rings (SSSR count). The van der Waals surface area contributed by atoms with Gasteiger partial charge in [0.2, 0.25) is 5.91 Å². The highest BCUT2D eigenvalue weighted by molar-refractivity contribution is 5.77. The highest BCUT2D eigenvalue weighted by atomic mass is 16.5. The third-order valence-corrected chi connectivity index (χ3v) is 3.38. The number of aromatic nitrogens is 1.